The summed E-state index contributed by atoms with van der Waals surface area (Å²) in [7, 11) is 0. The number of nitrogens with zero attached hydrogens (tertiary/aromatic N) is 1. The van der Waals surface area contributed by atoms with Crippen LogP contribution >= 0.6 is 0 Å². The van der Waals surface area contributed by atoms with Gasteiger partial charge in [-0.05, 0) is 58.8 Å². The molecule has 0 bridgehead atoms. The first-order chi connectivity index (χ1) is 11.7. The van der Waals surface area contributed by atoms with Crippen molar-refractivity contribution in [1.82, 2.24) is 4.90 Å². The van der Waals surface area contributed by atoms with E-state index in [1.54, 1.807) is 0 Å². The Labute approximate surface area is 165 Å². The maximum atomic E-state index is 2.67. The van der Waals surface area contributed by atoms with Crippen molar-refractivity contribution < 1.29 is 0 Å². The lowest BCUT2D eigenvalue weighted by Gasteiger charge is -2.34. The van der Waals surface area contributed by atoms with Gasteiger partial charge in [-0.15, -0.1) is 0 Å². The number of likely N-dealkylation sites (N-methyl/N-ethyl adjacent to an activating group) is 1. The van der Waals surface area contributed by atoms with Crippen LogP contribution in [0.4, 0.5) is 0 Å². The van der Waals surface area contributed by atoms with E-state index >= 15 is 0 Å². The first kappa shape index (κ1) is 22.3. The third-order valence-corrected chi connectivity index (χ3v) is 9.01. The van der Waals surface area contributed by atoms with E-state index in [1.807, 2.05) is 0 Å². The molecule has 0 N–H and O–H groups in total. The van der Waals surface area contributed by atoms with Crippen LogP contribution in [0.15, 0.2) is 0 Å². The largest absolute Gasteiger partial charge is 0.297 e. The number of rotatable bonds is 9. The van der Waals surface area contributed by atoms with Crippen molar-refractivity contribution in [3.63, 3.8) is 0 Å². The fourth-order valence-electron chi connectivity index (χ4n) is 7.02. The molecule has 0 amide bonds. The molecule has 2 aliphatic rings. The van der Waals surface area contributed by atoms with E-state index < -0.39 is 0 Å². The molecule has 0 radical (unpaired) electrons. The molecule has 0 aromatic carbocycles. The average Bonchev–Trinajstić information content (AvgIpc) is 3.36. The van der Waals surface area contributed by atoms with Gasteiger partial charge in [0.1, 0.15) is 0 Å². The maximum absolute atomic E-state index is 2.67. The van der Waals surface area contributed by atoms with Crippen LogP contribution < -0.4 is 0 Å². The van der Waals surface area contributed by atoms with Crippen LogP contribution in [0.25, 0.3) is 0 Å². The molecule has 154 valence electrons. The van der Waals surface area contributed by atoms with Gasteiger partial charge in [0.25, 0.3) is 0 Å². The summed E-state index contributed by atoms with van der Waals surface area (Å²) in [5.74, 6) is 2.53. The molecule has 1 nitrogen and oxygen atoms in total. The number of hydrogen-bond donors (Lipinski definition) is 0. The molecule has 1 aliphatic carbocycles. The minimum Gasteiger partial charge on any atom is -0.297 e. The predicted molar refractivity (Wildman–Crippen MR) is 116 cm³/mol. The zero-order chi connectivity index (χ0) is 20.1. The summed E-state index contributed by atoms with van der Waals surface area (Å²) in [6.07, 6.45) is 5.48. The number of hydrogen-bond acceptors (Lipinski definition) is 1. The van der Waals surface area contributed by atoms with Crippen LogP contribution in [0, 0.1) is 39.4 Å². The molecule has 2 fully saturated rings. The lowest BCUT2D eigenvalue weighted by molar-refractivity contribution is 0.163. The predicted octanol–water partition coefficient (Wildman–Crippen LogP) is 7.26. The first-order valence-electron chi connectivity index (χ1n) is 11.4. The van der Waals surface area contributed by atoms with Gasteiger partial charge in [-0.1, -0.05) is 89.0 Å². The summed E-state index contributed by atoms with van der Waals surface area (Å²) in [6.45, 7) is 29.8. The van der Waals surface area contributed by atoms with Gasteiger partial charge in [-0.2, -0.15) is 0 Å². The smallest absolute Gasteiger partial charge is 0.0285 e. The third kappa shape index (κ3) is 4.03. The van der Waals surface area contributed by atoms with Crippen molar-refractivity contribution in [2.45, 2.75) is 108 Å². The highest BCUT2D eigenvalue weighted by Gasteiger charge is 2.76. The van der Waals surface area contributed by atoms with Crippen molar-refractivity contribution in [2.75, 3.05) is 13.1 Å². The Bertz CT molecular complexity index is 487. The third-order valence-electron chi connectivity index (χ3n) is 9.01. The second-order valence-corrected chi connectivity index (χ2v) is 12.5. The molecule has 7 atom stereocenters. The minimum atomic E-state index is 0.441. The van der Waals surface area contributed by atoms with Gasteiger partial charge in [0.15, 0.2) is 0 Å². The summed E-state index contributed by atoms with van der Waals surface area (Å²) in [6, 6.07) is 0.855. The molecule has 1 saturated heterocycles. The van der Waals surface area contributed by atoms with Crippen LogP contribution in [0.1, 0.15) is 102 Å². The molecular weight excluding hydrogens is 314 g/mol. The van der Waals surface area contributed by atoms with Crippen LogP contribution in [0.3, 0.4) is 0 Å². The Hall–Kier alpha value is -0.0400. The summed E-state index contributed by atoms with van der Waals surface area (Å²) in [4.78, 5) is 2.67. The Morgan fingerprint density at radius 1 is 1.08 bits per heavy atom. The summed E-state index contributed by atoms with van der Waals surface area (Å²) < 4.78 is 0. The zero-order valence-electron chi connectivity index (χ0n) is 20.0. The quantitative estimate of drug-likeness (QED) is 0.390. The molecule has 2 rings (SSSR count). The van der Waals surface area contributed by atoms with Gasteiger partial charge < -0.3 is 0 Å². The van der Waals surface area contributed by atoms with Gasteiger partial charge in [-0.25, -0.2) is 0 Å². The van der Waals surface area contributed by atoms with Crippen LogP contribution in [-0.2, 0) is 0 Å². The standard InChI is InChI=1S/C25H49N/c1-12-26-16-21(26)25(11)20(4)24(25,10)19(3)18(2)14-13-15-23(8,9)17-22(5,6)7/h18-21H,12-17H2,1-11H3. The molecule has 1 heteroatoms. The lowest BCUT2D eigenvalue weighted by atomic mass is 9.71. The maximum Gasteiger partial charge on any atom is 0.0285 e. The molecule has 0 spiro atoms. The van der Waals surface area contributed by atoms with Crippen molar-refractivity contribution in [1.29, 1.82) is 0 Å². The fraction of sp³-hybridized carbons (Fsp3) is 1.00. The monoisotopic (exact) mass is 363 g/mol. The normalized spacial score (nSPS) is 39.6. The van der Waals surface area contributed by atoms with Crippen LogP contribution in [-0.4, -0.2) is 24.0 Å². The molecular formula is C25H49N. The second kappa shape index (κ2) is 7.09. The van der Waals surface area contributed by atoms with Crippen molar-refractivity contribution in [3.05, 3.63) is 0 Å². The summed E-state index contributed by atoms with van der Waals surface area (Å²) in [5.41, 5.74) is 1.99. The lowest BCUT2D eigenvalue weighted by Crippen LogP contribution is -2.27. The molecule has 0 aromatic heterocycles. The van der Waals surface area contributed by atoms with E-state index in [2.05, 4.69) is 81.1 Å². The molecule has 26 heavy (non-hydrogen) atoms. The van der Waals surface area contributed by atoms with Crippen LogP contribution in [0.2, 0.25) is 0 Å². The Morgan fingerprint density at radius 2 is 1.65 bits per heavy atom. The topological polar surface area (TPSA) is 3.01 Å². The highest BCUT2D eigenvalue weighted by molar-refractivity contribution is 5.25. The molecule has 0 aromatic rings. The SMILES string of the molecule is CCN1CC1C1(C)C(C)C1(C)C(C)C(C)CCCC(C)(C)CC(C)(C)C. The van der Waals surface area contributed by atoms with Gasteiger partial charge in [0, 0.05) is 12.6 Å². The second-order valence-electron chi connectivity index (χ2n) is 12.5. The van der Waals surface area contributed by atoms with Gasteiger partial charge in [-0.3, -0.25) is 4.90 Å². The first-order valence-corrected chi connectivity index (χ1v) is 11.4. The minimum absolute atomic E-state index is 0.441. The molecule has 7 unspecified atom stereocenters. The van der Waals surface area contributed by atoms with E-state index in [0.29, 0.717) is 21.7 Å². The average molecular weight is 364 g/mol. The van der Waals surface area contributed by atoms with E-state index in [-0.39, 0.29) is 0 Å². The van der Waals surface area contributed by atoms with Gasteiger partial charge >= 0.3 is 0 Å². The molecule has 1 aliphatic heterocycles. The van der Waals surface area contributed by atoms with Gasteiger partial charge in [0.2, 0.25) is 0 Å². The molecule has 1 saturated carbocycles. The summed E-state index contributed by atoms with van der Waals surface area (Å²) in [5, 5.41) is 0. The Morgan fingerprint density at radius 3 is 2.12 bits per heavy atom. The van der Waals surface area contributed by atoms with E-state index in [1.165, 1.54) is 38.8 Å². The molecule has 1 heterocycles. The Kier molecular flexibility index (Phi) is 6.07. The van der Waals surface area contributed by atoms with E-state index in [4.69, 9.17) is 0 Å². The van der Waals surface area contributed by atoms with Crippen LogP contribution in [0.5, 0.6) is 0 Å². The zero-order valence-corrected chi connectivity index (χ0v) is 20.0. The van der Waals surface area contributed by atoms with E-state index in [0.717, 1.165) is 23.8 Å². The Balaban J connectivity index is 1.87. The highest BCUT2D eigenvalue weighted by Crippen LogP contribution is 2.77. The van der Waals surface area contributed by atoms with Gasteiger partial charge in [0.05, 0.1) is 0 Å². The summed E-state index contributed by atoms with van der Waals surface area (Å²) >= 11 is 0. The fourth-order valence-corrected chi connectivity index (χ4v) is 7.02. The van der Waals surface area contributed by atoms with Crippen molar-refractivity contribution in [3.8, 4) is 0 Å². The highest BCUT2D eigenvalue weighted by atomic mass is 15.3. The van der Waals surface area contributed by atoms with Crippen molar-refractivity contribution in [2.24, 2.45) is 39.4 Å². The van der Waals surface area contributed by atoms with E-state index in [9.17, 15) is 0 Å². The van der Waals surface area contributed by atoms with Crippen molar-refractivity contribution >= 4 is 0 Å².